The van der Waals surface area contributed by atoms with Crippen LogP contribution in [-0.4, -0.2) is 64.5 Å². The Bertz CT molecular complexity index is 459. The molecule has 0 aromatic carbocycles. The summed E-state index contributed by atoms with van der Waals surface area (Å²) in [6.07, 6.45) is 1.82. The molecule has 7 nitrogen and oxygen atoms in total. The maximum atomic E-state index is 12.4. The first-order valence-electron chi connectivity index (χ1n) is 7.29. The van der Waals surface area contributed by atoms with E-state index in [1.807, 2.05) is 0 Å². The summed E-state index contributed by atoms with van der Waals surface area (Å²) in [5.41, 5.74) is -0.908. The Morgan fingerprint density at radius 2 is 2.00 bits per heavy atom. The Kier molecular flexibility index (Phi) is 4.11. The molecule has 118 valence electrons. The molecule has 2 fully saturated rings. The molecule has 1 heterocycles. The second-order valence-corrected chi connectivity index (χ2v) is 6.43. The second kappa shape index (κ2) is 5.54. The Labute approximate surface area is 124 Å². The molecule has 1 saturated heterocycles. The third-order valence-electron chi connectivity index (χ3n) is 4.34. The molecule has 0 aromatic rings. The van der Waals surface area contributed by atoms with Crippen molar-refractivity contribution in [3.63, 3.8) is 0 Å². The first-order valence-corrected chi connectivity index (χ1v) is 7.29. The van der Waals surface area contributed by atoms with Gasteiger partial charge in [-0.05, 0) is 32.6 Å². The van der Waals surface area contributed by atoms with E-state index in [1.165, 1.54) is 4.90 Å². The molecule has 2 aliphatic rings. The van der Waals surface area contributed by atoms with E-state index in [-0.39, 0.29) is 30.3 Å². The van der Waals surface area contributed by atoms with Gasteiger partial charge in [0, 0.05) is 26.2 Å². The van der Waals surface area contributed by atoms with Gasteiger partial charge >= 0.3 is 12.0 Å². The summed E-state index contributed by atoms with van der Waals surface area (Å²) in [5.74, 6) is -0.776. The fourth-order valence-electron chi connectivity index (χ4n) is 2.83. The summed E-state index contributed by atoms with van der Waals surface area (Å²) in [6, 6.07) is -0.694. The topological polar surface area (TPSA) is 89.9 Å². The number of piperazine rings is 1. The smallest absolute Gasteiger partial charge is 0.318 e. The molecule has 7 heteroatoms. The number of rotatable bonds is 4. The van der Waals surface area contributed by atoms with Gasteiger partial charge < -0.3 is 20.2 Å². The number of hydrogen-bond acceptors (Lipinski definition) is 3. The third kappa shape index (κ3) is 3.28. The quantitative estimate of drug-likeness (QED) is 0.791. The largest absolute Gasteiger partial charge is 0.481 e. The molecule has 2 rings (SSSR count). The van der Waals surface area contributed by atoms with Crippen LogP contribution in [0, 0.1) is 5.92 Å². The van der Waals surface area contributed by atoms with Gasteiger partial charge in [-0.3, -0.25) is 9.59 Å². The van der Waals surface area contributed by atoms with Crippen molar-refractivity contribution in [3.05, 3.63) is 0 Å². The van der Waals surface area contributed by atoms with Crippen LogP contribution in [0.2, 0.25) is 0 Å². The zero-order chi connectivity index (χ0) is 15.8. The number of carbonyl (C=O) groups is 3. The second-order valence-electron chi connectivity index (χ2n) is 6.43. The molecule has 0 bridgehead atoms. The zero-order valence-corrected chi connectivity index (χ0v) is 12.8. The van der Waals surface area contributed by atoms with Crippen molar-refractivity contribution in [3.8, 4) is 0 Å². The first-order chi connectivity index (χ1) is 9.73. The van der Waals surface area contributed by atoms with Gasteiger partial charge in [-0.15, -0.1) is 0 Å². The van der Waals surface area contributed by atoms with Gasteiger partial charge in [0.2, 0.25) is 5.91 Å². The molecule has 3 amide bonds. The number of carboxylic acids is 1. The van der Waals surface area contributed by atoms with Gasteiger partial charge in [0.25, 0.3) is 0 Å². The van der Waals surface area contributed by atoms with E-state index in [0.717, 1.165) is 12.8 Å². The van der Waals surface area contributed by atoms with Crippen LogP contribution in [0.25, 0.3) is 0 Å². The van der Waals surface area contributed by atoms with E-state index in [9.17, 15) is 14.4 Å². The average molecular weight is 297 g/mol. The lowest BCUT2D eigenvalue weighted by atomic mass is 9.98. The average Bonchev–Trinajstić information content (AvgIpc) is 3.18. The van der Waals surface area contributed by atoms with Gasteiger partial charge in [-0.2, -0.15) is 0 Å². The van der Waals surface area contributed by atoms with Crippen LogP contribution in [0.1, 0.15) is 33.1 Å². The van der Waals surface area contributed by atoms with Crippen molar-refractivity contribution in [1.29, 1.82) is 0 Å². The molecule has 21 heavy (non-hydrogen) atoms. The van der Waals surface area contributed by atoms with Crippen molar-refractivity contribution < 1.29 is 19.5 Å². The molecule has 1 atom stereocenters. The predicted molar refractivity (Wildman–Crippen MR) is 75.7 cm³/mol. The monoisotopic (exact) mass is 297 g/mol. The summed E-state index contributed by atoms with van der Waals surface area (Å²) in [6.45, 7) is 4.37. The van der Waals surface area contributed by atoms with E-state index < -0.39 is 11.5 Å². The Balaban J connectivity index is 2.04. The van der Waals surface area contributed by atoms with Crippen molar-refractivity contribution >= 4 is 17.9 Å². The highest BCUT2D eigenvalue weighted by atomic mass is 16.4. The highest BCUT2D eigenvalue weighted by Crippen LogP contribution is 2.34. The molecule has 1 aliphatic heterocycles. The summed E-state index contributed by atoms with van der Waals surface area (Å²) in [4.78, 5) is 38.6. The molecular weight excluding hydrogens is 274 g/mol. The lowest BCUT2D eigenvalue weighted by molar-refractivity contribution is -0.144. The molecule has 0 radical (unpaired) electrons. The summed E-state index contributed by atoms with van der Waals surface area (Å²) in [7, 11) is 1.72. The lowest BCUT2D eigenvalue weighted by Crippen LogP contribution is -2.66. The van der Waals surface area contributed by atoms with Crippen LogP contribution in [0.15, 0.2) is 0 Å². The Morgan fingerprint density at radius 1 is 1.38 bits per heavy atom. The van der Waals surface area contributed by atoms with Gasteiger partial charge in [0.1, 0.15) is 5.54 Å². The minimum absolute atomic E-state index is 0.0709. The van der Waals surface area contributed by atoms with Crippen molar-refractivity contribution in [2.24, 2.45) is 5.92 Å². The fourth-order valence-corrected chi connectivity index (χ4v) is 2.83. The summed E-state index contributed by atoms with van der Waals surface area (Å²) in [5, 5.41) is 11.7. The molecule has 0 spiro atoms. The number of hydrogen-bond donors (Lipinski definition) is 2. The van der Waals surface area contributed by atoms with Crippen LogP contribution in [0.3, 0.4) is 0 Å². The van der Waals surface area contributed by atoms with Crippen molar-refractivity contribution in [2.75, 3.05) is 20.1 Å². The summed E-state index contributed by atoms with van der Waals surface area (Å²) >= 11 is 0. The standard InChI is InChI=1S/C14H23N3O4/c1-14(2)12(20)16(3)6-7-17(14)13(21)15-10(8-11(18)19)9-4-5-9/h9-10H,4-8H2,1-3H3,(H,15,21)(H,18,19). The number of likely N-dealkylation sites (N-methyl/N-ethyl adjacent to an activating group) is 1. The molecule has 1 unspecified atom stereocenters. The molecule has 1 aliphatic carbocycles. The zero-order valence-electron chi connectivity index (χ0n) is 12.8. The van der Waals surface area contributed by atoms with Crippen molar-refractivity contribution in [1.82, 2.24) is 15.1 Å². The predicted octanol–water partition coefficient (Wildman–Crippen LogP) is 0.502. The van der Waals surface area contributed by atoms with E-state index in [2.05, 4.69) is 5.32 Å². The number of urea groups is 1. The SMILES string of the molecule is CN1CCN(C(=O)NC(CC(=O)O)C2CC2)C(C)(C)C1=O. The number of amides is 3. The highest BCUT2D eigenvalue weighted by Gasteiger charge is 2.44. The number of carboxylic acid groups (broad SMARTS) is 1. The first kappa shape index (κ1) is 15.6. The normalized spacial score (nSPS) is 22.9. The molecular formula is C14H23N3O4. The Morgan fingerprint density at radius 3 is 2.52 bits per heavy atom. The minimum atomic E-state index is -0.916. The van der Waals surface area contributed by atoms with E-state index in [1.54, 1.807) is 25.8 Å². The van der Waals surface area contributed by atoms with Gasteiger partial charge in [-0.25, -0.2) is 4.79 Å². The van der Waals surface area contributed by atoms with Crippen LogP contribution in [0.5, 0.6) is 0 Å². The van der Waals surface area contributed by atoms with Crippen LogP contribution in [-0.2, 0) is 9.59 Å². The van der Waals surface area contributed by atoms with E-state index in [4.69, 9.17) is 5.11 Å². The molecule has 1 saturated carbocycles. The van der Waals surface area contributed by atoms with Crippen molar-refractivity contribution in [2.45, 2.75) is 44.7 Å². The van der Waals surface area contributed by atoms with Crippen LogP contribution in [0.4, 0.5) is 4.79 Å². The maximum absolute atomic E-state index is 12.4. The third-order valence-corrected chi connectivity index (χ3v) is 4.34. The van der Waals surface area contributed by atoms with Gasteiger partial charge in [0.05, 0.1) is 6.42 Å². The van der Waals surface area contributed by atoms with Crippen LogP contribution < -0.4 is 5.32 Å². The number of aliphatic carboxylic acids is 1. The van der Waals surface area contributed by atoms with E-state index >= 15 is 0 Å². The number of nitrogens with one attached hydrogen (secondary N) is 1. The molecule has 0 aromatic heterocycles. The van der Waals surface area contributed by atoms with Gasteiger partial charge in [-0.1, -0.05) is 0 Å². The lowest BCUT2D eigenvalue weighted by Gasteiger charge is -2.45. The Hall–Kier alpha value is -1.79. The maximum Gasteiger partial charge on any atom is 0.318 e. The van der Waals surface area contributed by atoms with Gasteiger partial charge in [0.15, 0.2) is 0 Å². The van der Waals surface area contributed by atoms with E-state index in [0.29, 0.717) is 13.1 Å². The van der Waals surface area contributed by atoms with Crippen LogP contribution >= 0.6 is 0 Å². The molecule has 2 N–H and O–H groups in total. The highest BCUT2D eigenvalue weighted by molar-refractivity contribution is 5.91. The summed E-state index contributed by atoms with van der Waals surface area (Å²) < 4.78 is 0. The fraction of sp³-hybridized carbons (Fsp3) is 0.786. The number of carbonyl (C=O) groups excluding carboxylic acids is 2. The minimum Gasteiger partial charge on any atom is -0.481 e. The number of nitrogens with zero attached hydrogens (tertiary/aromatic N) is 2.